The lowest BCUT2D eigenvalue weighted by atomic mass is 10.1. The van der Waals surface area contributed by atoms with E-state index >= 15 is 0 Å². The lowest BCUT2D eigenvalue weighted by Crippen LogP contribution is -1.90. The lowest BCUT2D eigenvalue weighted by Gasteiger charge is -2.09. The molecule has 0 spiro atoms. The molecule has 2 aromatic rings. The van der Waals surface area contributed by atoms with Gasteiger partial charge in [0.05, 0.1) is 4.83 Å². The van der Waals surface area contributed by atoms with Gasteiger partial charge in [-0.2, -0.15) is 0 Å². The van der Waals surface area contributed by atoms with Crippen molar-refractivity contribution in [3.63, 3.8) is 0 Å². The zero-order valence-electron chi connectivity index (χ0n) is 9.43. The monoisotopic (exact) mass is 436 g/mol. The lowest BCUT2D eigenvalue weighted by molar-refractivity contribution is 1.21. The quantitative estimate of drug-likeness (QED) is 0.477. The molecule has 0 N–H and O–H groups in total. The molecule has 2 rings (SSSR count). The molecule has 1 aromatic carbocycles. The molecule has 0 nitrogen and oxygen atoms in total. The summed E-state index contributed by atoms with van der Waals surface area (Å²) in [6.07, 6.45) is 0. The molecule has 0 aliphatic carbocycles. The minimum absolute atomic E-state index is 0.259. The maximum atomic E-state index is 3.77. The molecule has 17 heavy (non-hydrogen) atoms. The average Bonchev–Trinajstić information content (AvgIpc) is 2.62. The van der Waals surface area contributed by atoms with Gasteiger partial charge in [-0.05, 0) is 53.0 Å². The largest absolute Gasteiger partial charge is 0.143 e. The molecule has 0 amide bonds. The van der Waals surface area contributed by atoms with E-state index in [0.29, 0.717) is 0 Å². The van der Waals surface area contributed by atoms with E-state index in [4.69, 9.17) is 0 Å². The number of hydrogen-bond acceptors (Lipinski definition) is 1. The van der Waals surface area contributed by atoms with Crippen LogP contribution in [0.4, 0.5) is 0 Å². The summed E-state index contributed by atoms with van der Waals surface area (Å²) >= 11 is 12.7. The van der Waals surface area contributed by atoms with E-state index in [0.717, 1.165) is 4.47 Å². The van der Waals surface area contributed by atoms with Gasteiger partial charge in [-0.1, -0.05) is 44.0 Å². The predicted octanol–water partition coefficient (Wildman–Crippen LogP) is 6.37. The average molecular weight is 439 g/mol. The minimum atomic E-state index is 0.259. The second-order valence-electron chi connectivity index (χ2n) is 3.92. The van der Waals surface area contributed by atoms with Crippen molar-refractivity contribution in [2.24, 2.45) is 0 Å². The standard InChI is InChI=1S/C13H11Br3S/c1-7-3-4-9(5-10(7)14)13(16)12-6-11(15)8(2)17-12/h3-6,13H,1-2H3. The Bertz CT molecular complexity index is 526. The van der Waals surface area contributed by atoms with Crippen LogP contribution in [0.2, 0.25) is 0 Å². The van der Waals surface area contributed by atoms with Crippen molar-refractivity contribution in [2.75, 3.05) is 0 Å². The summed E-state index contributed by atoms with van der Waals surface area (Å²) in [6.45, 7) is 4.23. The number of alkyl halides is 1. The fraction of sp³-hybridized carbons (Fsp3) is 0.231. The summed E-state index contributed by atoms with van der Waals surface area (Å²) in [6, 6.07) is 8.68. The molecule has 0 radical (unpaired) electrons. The Morgan fingerprint density at radius 2 is 1.76 bits per heavy atom. The molecule has 1 aromatic heterocycles. The maximum Gasteiger partial charge on any atom is 0.0738 e. The first kappa shape index (κ1) is 13.8. The van der Waals surface area contributed by atoms with Crippen molar-refractivity contribution in [2.45, 2.75) is 18.7 Å². The van der Waals surface area contributed by atoms with Crippen LogP contribution in [0.3, 0.4) is 0 Å². The van der Waals surface area contributed by atoms with Crippen LogP contribution >= 0.6 is 59.1 Å². The van der Waals surface area contributed by atoms with Gasteiger partial charge in [0.25, 0.3) is 0 Å². The van der Waals surface area contributed by atoms with Gasteiger partial charge >= 0.3 is 0 Å². The first-order chi connectivity index (χ1) is 7.99. The van der Waals surface area contributed by atoms with E-state index in [9.17, 15) is 0 Å². The zero-order chi connectivity index (χ0) is 12.6. The highest BCUT2D eigenvalue weighted by Gasteiger charge is 2.15. The second-order valence-corrected chi connectivity index (χ2v) is 7.84. The first-order valence-electron chi connectivity index (χ1n) is 5.15. The molecule has 1 atom stereocenters. The number of thiophene rings is 1. The summed E-state index contributed by atoms with van der Waals surface area (Å²) in [4.78, 5) is 2.90. The zero-order valence-corrected chi connectivity index (χ0v) is 15.0. The Morgan fingerprint density at radius 1 is 1.06 bits per heavy atom. The smallest absolute Gasteiger partial charge is 0.0738 e. The van der Waals surface area contributed by atoms with Crippen molar-refractivity contribution in [1.82, 2.24) is 0 Å². The first-order valence-corrected chi connectivity index (χ1v) is 8.47. The Morgan fingerprint density at radius 3 is 2.29 bits per heavy atom. The van der Waals surface area contributed by atoms with Crippen molar-refractivity contribution in [3.8, 4) is 0 Å². The van der Waals surface area contributed by atoms with Crippen LogP contribution in [-0.4, -0.2) is 0 Å². The van der Waals surface area contributed by atoms with E-state index in [1.54, 1.807) is 0 Å². The molecule has 1 heterocycles. The van der Waals surface area contributed by atoms with Gasteiger partial charge in [0.2, 0.25) is 0 Å². The topological polar surface area (TPSA) is 0 Å². The maximum absolute atomic E-state index is 3.77. The number of benzene rings is 1. The normalized spacial score (nSPS) is 12.8. The van der Waals surface area contributed by atoms with E-state index in [1.165, 1.54) is 25.4 Å². The van der Waals surface area contributed by atoms with Gasteiger partial charge in [-0.25, -0.2) is 0 Å². The molecule has 0 aliphatic heterocycles. The Labute approximate surface area is 131 Å². The Kier molecular flexibility index (Phi) is 4.50. The van der Waals surface area contributed by atoms with Gasteiger partial charge in [0.1, 0.15) is 0 Å². The van der Waals surface area contributed by atoms with Crippen molar-refractivity contribution >= 4 is 59.1 Å². The van der Waals surface area contributed by atoms with Crippen molar-refractivity contribution in [1.29, 1.82) is 0 Å². The van der Waals surface area contributed by atoms with Crippen LogP contribution in [0, 0.1) is 13.8 Å². The van der Waals surface area contributed by atoms with E-state index in [1.807, 2.05) is 11.3 Å². The van der Waals surface area contributed by atoms with Crippen LogP contribution in [-0.2, 0) is 0 Å². The van der Waals surface area contributed by atoms with Crippen molar-refractivity contribution in [3.05, 3.63) is 54.1 Å². The molecular weight excluding hydrogens is 428 g/mol. The highest BCUT2D eigenvalue weighted by molar-refractivity contribution is 9.11. The molecule has 0 bridgehead atoms. The van der Waals surface area contributed by atoms with Crippen LogP contribution in [0.1, 0.15) is 25.7 Å². The summed E-state index contributed by atoms with van der Waals surface area (Å²) in [5, 5.41) is 0. The van der Waals surface area contributed by atoms with Crippen LogP contribution in [0.5, 0.6) is 0 Å². The summed E-state index contributed by atoms with van der Waals surface area (Å²) in [5.74, 6) is 0. The van der Waals surface area contributed by atoms with Crippen LogP contribution < -0.4 is 0 Å². The highest BCUT2D eigenvalue weighted by Crippen LogP contribution is 2.39. The third-order valence-electron chi connectivity index (χ3n) is 2.61. The van der Waals surface area contributed by atoms with Crippen LogP contribution in [0.25, 0.3) is 0 Å². The summed E-state index contributed by atoms with van der Waals surface area (Å²) in [5.41, 5.74) is 2.54. The number of aryl methyl sites for hydroxylation is 2. The van der Waals surface area contributed by atoms with Gasteiger partial charge in [-0.15, -0.1) is 11.3 Å². The number of rotatable bonds is 2. The number of halogens is 3. The molecule has 1 unspecified atom stereocenters. The SMILES string of the molecule is Cc1ccc(C(Br)c2cc(Br)c(C)s2)cc1Br. The molecule has 0 fully saturated rings. The summed E-state index contributed by atoms with van der Waals surface area (Å²) in [7, 11) is 0. The molecule has 0 saturated heterocycles. The van der Waals surface area contributed by atoms with Crippen molar-refractivity contribution < 1.29 is 0 Å². The Hall–Kier alpha value is 0.360. The van der Waals surface area contributed by atoms with Gasteiger partial charge in [-0.3, -0.25) is 0 Å². The molecular formula is C13H11Br3S. The Balaban J connectivity index is 2.36. The fourth-order valence-corrected chi connectivity index (χ4v) is 4.20. The molecule has 4 heteroatoms. The molecule has 0 saturated carbocycles. The van der Waals surface area contributed by atoms with E-state index < -0.39 is 0 Å². The highest BCUT2D eigenvalue weighted by atomic mass is 79.9. The minimum Gasteiger partial charge on any atom is -0.143 e. The van der Waals surface area contributed by atoms with Gasteiger partial charge in [0.15, 0.2) is 0 Å². The van der Waals surface area contributed by atoms with E-state index in [2.05, 4.69) is 85.9 Å². The third kappa shape index (κ3) is 3.03. The van der Waals surface area contributed by atoms with Gasteiger partial charge < -0.3 is 0 Å². The molecule has 90 valence electrons. The second kappa shape index (κ2) is 5.55. The predicted molar refractivity (Wildman–Crippen MR) is 86.4 cm³/mol. The summed E-state index contributed by atoms with van der Waals surface area (Å²) < 4.78 is 2.35. The van der Waals surface area contributed by atoms with E-state index in [-0.39, 0.29) is 4.83 Å². The van der Waals surface area contributed by atoms with Gasteiger partial charge in [0, 0.05) is 18.7 Å². The third-order valence-corrected chi connectivity index (χ3v) is 7.00. The van der Waals surface area contributed by atoms with Crippen LogP contribution in [0.15, 0.2) is 33.2 Å². The number of hydrogen-bond donors (Lipinski definition) is 0. The fourth-order valence-electron chi connectivity index (χ4n) is 1.54. The molecule has 0 aliphatic rings.